The number of nitrogens with zero attached hydrogens (tertiary/aromatic N) is 1. The average molecular weight is 288 g/mol. The van der Waals surface area contributed by atoms with Crippen LogP contribution in [0.4, 0.5) is 5.13 Å². The number of hydrogen-bond acceptors (Lipinski definition) is 5. The Kier molecular flexibility index (Phi) is 3.23. The molecule has 3 rings (SSSR count). The molecule has 1 N–H and O–H groups in total. The Morgan fingerprint density at radius 2 is 2.25 bits per heavy atom. The Morgan fingerprint density at radius 3 is 3.00 bits per heavy atom. The Morgan fingerprint density at radius 1 is 1.45 bits per heavy atom. The van der Waals surface area contributed by atoms with Gasteiger partial charge in [-0.3, -0.25) is 4.79 Å². The minimum absolute atomic E-state index is 0.0986. The fraction of sp³-hybridized carbons (Fsp3) is 0.214. The van der Waals surface area contributed by atoms with Gasteiger partial charge in [0, 0.05) is 16.6 Å². The highest BCUT2D eigenvalue weighted by Crippen LogP contribution is 2.33. The first-order chi connectivity index (χ1) is 9.63. The van der Waals surface area contributed by atoms with E-state index in [1.165, 1.54) is 11.3 Å². The van der Waals surface area contributed by atoms with Gasteiger partial charge in [0.05, 0.1) is 12.0 Å². The number of esters is 1. The second-order valence-electron chi connectivity index (χ2n) is 4.51. The van der Waals surface area contributed by atoms with E-state index in [0.29, 0.717) is 10.7 Å². The number of carbonyl (C=O) groups is 2. The molecule has 1 aliphatic heterocycles. The summed E-state index contributed by atoms with van der Waals surface area (Å²) in [7, 11) is 0. The van der Waals surface area contributed by atoms with Crippen molar-refractivity contribution in [2.24, 2.45) is 0 Å². The number of rotatable bonds is 3. The number of carbonyl (C=O) groups excluding carboxylic acids is 2. The first-order valence-electron chi connectivity index (χ1n) is 6.15. The van der Waals surface area contributed by atoms with Gasteiger partial charge in [-0.05, 0) is 13.0 Å². The second-order valence-corrected chi connectivity index (χ2v) is 5.74. The lowest BCUT2D eigenvalue weighted by atomic mass is 10.0. The Labute approximate surface area is 119 Å². The number of cyclic esters (lactones) is 1. The molecule has 0 saturated heterocycles. The predicted octanol–water partition coefficient (Wildman–Crippen LogP) is 2.69. The normalized spacial score (nSPS) is 16.6. The molecule has 0 bridgehead atoms. The Hall–Kier alpha value is -2.21. The number of nitrogens with one attached hydrogen (secondary N) is 1. The molecule has 2 heterocycles. The number of amides is 1. The van der Waals surface area contributed by atoms with Crippen molar-refractivity contribution in [2.75, 3.05) is 5.32 Å². The largest absolute Gasteiger partial charge is 0.453 e. The van der Waals surface area contributed by atoms with Crippen molar-refractivity contribution in [2.45, 2.75) is 19.4 Å². The Bertz CT molecular complexity index is 681. The van der Waals surface area contributed by atoms with E-state index in [-0.39, 0.29) is 18.3 Å². The number of aryl methyl sites for hydroxylation is 1. The molecule has 2 aromatic rings. The maximum atomic E-state index is 12.0. The van der Waals surface area contributed by atoms with E-state index in [9.17, 15) is 9.59 Å². The van der Waals surface area contributed by atoms with Gasteiger partial charge < -0.3 is 10.1 Å². The van der Waals surface area contributed by atoms with Crippen LogP contribution < -0.4 is 5.32 Å². The number of aromatic nitrogens is 1. The quantitative estimate of drug-likeness (QED) is 0.882. The van der Waals surface area contributed by atoms with Gasteiger partial charge in [0.1, 0.15) is 6.10 Å². The maximum Gasteiger partial charge on any atom is 0.339 e. The van der Waals surface area contributed by atoms with Crippen LogP contribution in [-0.2, 0) is 9.53 Å². The molecule has 5 nitrogen and oxygen atoms in total. The number of hydrogen-bond donors (Lipinski definition) is 1. The molecular formula is C14H12N2O3S. The van der Waals surface area contributed by atoms with Crippen molar-refractivity contribution in [3.8, 4) is 0 Å². The van der Waals surface area contributed by atoms with Crippen molar-refractivity contribution in [1.29, 1.82) is 0 Å². The number of anilines is 1. The monoisotopic (exact) mass is 288 g/mol. The lowest BCUT2D eigenvalue weighted by Crippen LogP contribution is -2.15. The summed E-state index contributed by atoms with van der Waals surface area (Å²) in [5, 5.41) is 3.27. The number of thiazole rings is 1. The molecular weight excluding hydrogens is 276 g/mol. The van der Waals surface area contributed by atoms with Gasteiger partial charge in [-0.2, -0.15) is 0 Å². The van der Waals surface area contributed by atoms with Crippen LogP contribution in [0, 0.1) is 6.92 Å². The zero-order chi connectivity index (χ0) is 14.1. The summed E-state index contributed by atoms with van der Waals surface area (Å²) in [5.74, 6) is -0.586. The summed E-state index contributed by atoms with van der Waals surface area (Å²) >= 11 is 1.41. The van der Waals surface area contributed by atoms with E-state index >= 15 is 0 Å². The summed E-state index contributed by atoms with van der Waals surface area (Å²) < 4.78 is 5.23. The molecule has 20 heavy (non-hydrogen) atoms. The first kappa shape index (κ1) is 12.8. The van der Waals surface area contributed by atoms with E-state index in [2.05, 4.69) is 10.3 Å². The topological polar surface area (TPSA) is 68.3 Å². The van der Waals surface area contributed by atoms with E-state index in [0.717, 1.165) is 10.4 Å². The van der Waals surface area contributed by atoms with Gasteiger partial charge in [0.15, 0.2) is 5.13 Å². The molecule has 6 heteroatoms. The molecule has 0 radical (unpaired) electrons. The van der Waals surface area contributed by atoms with Gasteiger partial charge in [-0.15, -0.1) is 11.3 Å². The number of fused-ring (bicyclic) bond motifs is 1. The highest BCUT2D eigenvalue weighted by atomic mass is 32.1. The molecule has 1 aromatic carbocycles. The number of benzene rings is 1. The SMILES string of the molecule is Cc1cnc(NC(=O)C[C@H]2OC(=O)c3ccccc32)s1. The molecule has 0 aliphatic carbocycles. The van der Waals surface area contributed by atoms with Crippen molar-refractivity contribution in [3.63, 3.8) is 0 Å². The smallest absolute Gasteiger partial charge is 0.339 e. The molecule has 1 amide bonds. The highest BCUT2D eigenvalue weighted by Gasteiger charge is 2.32. The van der Waals surface area contributed by atoms with Crippen LogP contribution in [-0.4, -0.2) is 16.9 Å². The van der Waals surface area contributed by atoms with Crippen LogP contribution in [0.2, 0.25) is 0 Å². The average Bonchev–Trinajstić information content (AvgIpc) is 2.95. The summed E-state index contributed by atoms with van der Waals surface area (Å²) in [6.45, 7) is 1.92. The van der Waals surface area contributed by atoms with Gasteiger partial charge in [-0.1, -0.05) is 18.2 Å². The van der Waals surface area contributed by atoms with Crippen molar-refractivity contribution >= 4 is 28.3 Å². The van der Waals surface area contributed by atoms with Crippen LogP contribution in [0.15, 0.2) is 30.5 Å². The number of ether oxygens (including phenoxy) is 1. The van der Waals surface area contributed by atoms with Crippen molar-refractivity contribution in [1.82, 2.24) is 4.98 Å². The molecule has 0 fully saturated rings. The maximum absolute atomic E-state index is 12.0. The van der Waals surface area contributed by atoms with Gasteiger partial charge in [0.25, 0.3) is 0 Å². The van der Waals surface area contributed by atoms with Crippen LogP contribution in [0.25, 0.3) is 0 Å². The minimum atomic E-state index is -0.514. The summed E-state index contributed by atoms with van der Waals surface area (Å²) in [6, 6.07) is 7.13. The molecule has 1 aliphatic rings. The van der Waals surface area contributed by atoms with Crippen LogP contribution in [0.5, 0.6) is 0 Å². The summed E-state index contributed by atoms with van der Waals surface area (Å²) in [6.07, 6.45) is 1.28. The second kappa shape index (κ2) is 5.05. The third-order valence-electron chi connectivity index (χ3n) is 3.02. The highest BCUT2D eigenvalue weighted by molar-refractivity contribution is 7.15. The molecule has 0 spiro atoms. The van der Waals surface area contributed by atoms with Crippen LogP contribution >= 0.6 is 11.3 Å². The van der Waals surface area contributed by atoms with E-state index in [1.807, 2.05) is 19.1 Å². The predicted molar refractivity (Wildman–Crippen MR) is 74.7 cm³/mol. The summed E-state index contributed by atoms with van der Waals surface area (Å²) in [5.41, 5.74) is 1.30. The summed E-state index contributed by atoms with van der Waals surface area (Å²) in [4.78, 5) is 28.7. The zero-order valence-electron chi connectivity index (χ0n) is 10.8. The van der Waals surface area contributed by atoms with Crippen LogP contribution in [0.3, 0.4) is 0 Å². The third-order valence-corrected chi connectivity index (χ3v) is 3.84. The van der Waals surface area contributed by atoms with Gasteiger partial charge in [0.2, 0.25) is 5.91 Å². The molecule has 1 atom stereocenters. The lowest BCUT2D eigenvalue weighted by molar-refractivity contribution is -0.118. The lowest BCUT2D eigenvalue weighted by Gasteiger charge is -2.09. The van der Waals surface area contributed by atoms with Gasteiger partial charge in [-0.25, -0.2) is 9.78 Å². The fourth-order valence-corrected chi connectivity index (χ4v) is 2.80. The third kappa shape index (κ3) is 2.42. The molecule has 1 aromatic heterocycles. The Balaban J connectivity index is 1.70. The minimum Gasteiger partial charge on any atom is -0.453 e. The van der Waals surface area contributed by atoms with Gasteiger partial charge >= 0.3 is 5.97 Å². The van der Waals surface area contributed by atoms with Crippen molar-refractivity contribution < 1.29 is 14.3 Å². The van der Waals surface area contributed by atoms with E-state index in [1.54, 1.807) is 18.3 Å². The molecule has 0 saturated carbocycles. The van der Waals surface area contributed by atoms with Crippen molar-refractivity contribution in [3.05, 3.63) is 46.5 Å². The zero-order valence-corrected chi connectivity index (χ0v) is 11.6. The fourth-order valence-electron chi connectivity index (χ4n) is 2.12. The molecule has 102 valence electrons. The van der Waals surface area contributed by atoms with E-state index < -0.39 is 6.10 Å². The van der Waals surface area contributed by atoms with Crippen LogP contribution in [0.1, 0.15) is 33.3 Å². The first-order valence-corrected chi connectivity index (χ1v) is 6.97. The van der Waals surface area contributed by atoms with E-state index in [4.69, 9.17) is 4.74 Å². The standard InChI is InChI=1S/C14H12N2O3S/c1-8-7-15-14(20-8)16-12(17)6-11-9-4-2-3-5-10(9)13(18)19-11/h2-5,7,11H,6H2,1H3,(H,15,16,17)/t11-/m1/s1. The molecule has 0 unspecified atom stereocenters.